The van der Waals surface area contributed by atoms with E-state index in [2.05, 4.69) is 4.98 Å². The number of hydrogen-bond acceptors (Lipinski definition) is 8. The number of rotatable bonds is 8. The highest BCUT2D eigenvalue weighted by atomic mass is 35.5. The normalized spacial score (nSPS) is 16.1. The fourth-order valence-electron chi connectivity index (χ4n) is 4.52. The number of carbonyl (C=O) groups is 2. The van der Waals surface area contributed by atoms with Crippen molar-refractivity contribution in [3.8, 4) is 23.0 Å². The van der Waals surface area contributed by atoms with Gasteiger partial charge in [0.15, 0.2) is 11.5 Å². The number of likely N-dealkylation sites (tertiary alicyclic amines) is 1. The van der Waals surface area contributed by atoms with Gasteiger partial charge in [-0.1, -0.05) is 6.07 Å². The Hall–Kier alpha value is -4.24. The Balaban J connectivity index is 0.00000400. The maximum atomic E-state index is 13.4. The van der Waals surface area contributed by atoms with Gasteiger partial charge in [-0.25, -0.2) is 0 Å². The Morgan fingerprint density at radius 3 is 2.13 bits per heavy atom. The second-order valence-electron chi connectivity index (χ2n) is 8.43. The molecular weight excluding hydrogens is 512 g/mol. The van der Waals surface area contributed by atoms with Crippen LogP contribution in [0.1, 0.15) is 28.3 Å². The molecule has 0 saturated carbocycles. The van der Waals surface area contributed by atoms with Gasteiger partial charge >= 0.3 is 0 Å². The Kier molecular flexibility index (Phi) is 8.85. The third-order valence-electron chi connectivity index (χ3n) is 6.29. The van der Waals surface area contributed by atoms with Crippen LogP contribution >= 0.6 is 12.4 Å². The van der Waals surface area contributed by atoms with E-state index in [0.29, 0.717) is 34.1 Å². The zero-order valence-electron chi connectivity index (χ0n) is 21.7. The van der Waals surface area contributed by atoms with Crippen LogP contribution in [0.3, 0.4) is 0 Å². The monoisotopic (exact) mass is 540 g/mol. The summed E-state index contributed by atoms with van der Waals surface area (Å²) < 4.78 is 21.8. The molecule has 2 aromatic carbocycles. The lowest BCUT2D eigenvalue weighted by atomic mass is 9.94. The summed E-state index contributed by atoms with van der Waals surface area (Å²) in [6.45, 7) is 1.92. The maximum Gasteiger partial charge on any atom is 0.295 e. The second kappa shape index (κ2) is 11.9. The molecule has 0 radical (unpaired) electrons. The minimum atomic E-state index is -0.934. The number of aryl methyl sites for hydroxylation is 1. The number of ketones is 1. The third kappa shape index (κ3) is 5.10. The zero-order valence-corrected chi connectivity index (χ0v) is 22.5. The first-order valence-corrected chi connectivity index (χ1v) is 11.5. The van der Waals surface area contributed by atoms with Crippen LogP contribution < -0.4 is 18.9 Å². The quantitative estimate of drug-likeness (QED) is 0.253. The number of hydrogen-bond donors (Lipinski definition) is 1. The predicted molar refractivity (Wildman–Crippen MR) is 143 cm³/mol. The van der Waals surface area contributed by atoms with Gasteiger partial charge in [0.1, 0.15) is 11.5 Å². The molecule has 1 unspecified atom stereocenters. The number of benzene rings is 2. The summed E-state index contributed by atoms with van der Waals surface area (Å²) in [5, 5.41) is 11.4. The number of aliphatic hydroxyl groups is 1. The average Bonchev–Trinajstić information content (AvgIpc) is 3.17. The molecule has 1 aliphatic rings. The summed E-state index contributed by atoms with van der Waals surface area (Å²) >= 11 is 0. The SMILES string of the molecule is COc1ccc(C(O)=C2C(=O)C(=O)N(Cc3cccnc3)C2c2cc(OC)c(OC)c(OC)c2)cc1C.Cl. The summed E-state index contributed by atoms with van der Waals surface area (Å²) in [6.07, 6.45) is 3.25. The molecule has 3 aromatic rings. The van der Waals surface area contributed by atoms with Crippen LogP contribution in [0.4, 0.5) is 0 Å². The highest BCUT2D eigenvalue weighted by Crippen LogP contribution is 2.46. The van der Waals surface area contributed by atoms with Crippen molar-refractivity contribution in [1.29, 1.82) is 0 Å². The maximum absolute atomic E-state index is 13.4. The Labute approximate surface area is 227 Å². The molecule has 9 nitrogen and oxygen atoms in total. The minimum Gasteiger partial charge on any atom is -0.507 e. The van der Waals surface area contributed by atoms with Crippen LogP contribution in [0.25, 0.3) is 5.76 Å². The molecule has 1 aliphatic heterocycles. The van der Waals surface area contributed by atoms with Crippen LogP contribution in [0, 0.1) is 6.92 Å². The lowest BCUT2D eigenvalue weighted by molar-refractivity contribution is -0.140. The molecule has 0 aliphatic carbocycles. The Bertz CT molecular complexity index is 1350. The molecule has 1 saturated heterocycles. The fraction of sp³-hybridized carbons (Fsp3) is 0.250. The first-order chi connectivity index (χ1) is 17.8. The molecule has 1 N–H and O–H groups in total. The van der Waals surface area contributed by atoms with Crippen molar-refractivity contribution in [2.75, 3.05) is 28.4 Å². The number of Topliss-reactive ketones (excluding diaryl/α,β-unsaturated/α-hetero) is 1. The van der Waals surface area contributed by atoms with E-state index in [1.54, 1.807) is 55.9 Å². The zero-order chi connectivity index (χ0) is 26.7. The van der Waals surface area contributed by atoms with Gasteiger partial charge in [-0.3, -0.25) is 14.6 Å². The van der Waals surface area contributed by atoms with E-state index in [9.17, 15) is 14.7 Å². The molecule has 0 bridgehead atoms. The number of aliphatic hydroxyl groups excluding tert-OH is 1. The highest BCUT2D eigenvalue weighted by Gasteiger charge is 2.46. The average molecular weight is 541 g/mol. The van der Waals surface area contributed by atoms with Crippen molar-refractivity contribution >= 4 is 29.9 Å². The number of halogens is 1. The molecule has 4 rings (SSSR count). The lowest BCUT2D eigenvalue weighted by Crippen LogP contribution is -2.29. The van der Waals surface area contributed by atoms with Crippen LogP contribution in [0.2, 0.25) is 0 Å². The number of ether oxygens (including phenoxy) is 4. The first-order valence-electron chi connectivity index (χ1n) is 11.5. The largest absolute Gasteiger partial charge is 0.507 e. The number of aromatic nitrogens is 1. The van der Waals surface area contributed by atoms with Gasteiger partial charge in [-0.2, -0.15) is 0 Å². The van der Waals surface area contributed by atoms with E-state index < -0.39 is 17.7 Å². The molecule has 1 aromatic heterocycles. The molecule has 10 heteroatoms. The van der Waals surface area contributed by atoms with E-state index in [0.717, 1.165) is 11.1 Å². The number of pyridine rings is 1. The topological polar surface area (TPSA) is 107 Å². The summed E-state index contributed by atoms with van der Waals surface area (Å²) in [4.78, 5) is 32.3. The number of carbonyl (C=O) groups excluding carboxylic acids is 2. The summed E-state index contributed by atoms with van der Waals surface area (Å²) in [5.41, 5.74) is 2.33. The van der Waals surface area contributed by atoms with Crippen LogP contribution in [-0.2, 0) is 16.1 Å². The van der Waals surface area contributed by atoms with Crippen molar-refractivity contribution in [2.24, 2.45) is 0 Å². The van der Waals surface area contributed by atoms with Gasteiger partial charge in [0.05, 0.1) is 40.1 Å². The molecule has 0 spiro atoms. The molecule has 200 valence electrons. The molecule has 1 atom stereocenters. The number of methoxy groups -OCH3 is 4. The van der Waals surface area contributed by atoms with Gasteiger partial charge < -0.3 is 29.0 Å². The van der Waals surface area contributed by atoms with E-state index in [4.69, 9.17) is 18.9 Å². The van der Waals surface area contributed by atoms with Crippen molar-refractivity contribution < 1.29 is 33.6 Å². The standard InChI is InChI=1S/C28H28N2O7.ClH/c1-16-11-18(8-9-20(16)34-2)25(31)23-24(19-12-21(35-3)27(37-5)22(13-19)36-4)30(28(33)26(23)32)15-17-7-6-10-29-14-17;/h6-14,24,31H,15H2,1-5H3;1H. The van der Waals surface area contributed by atoms with Crippen LogP contribution in [-0.4, -0.2) is 55.1 Å². The minimum absolute atomic E-state index is 0. The van der Waals surface area contributed by atoms with Crippen molar-refractivity contribution in [3.63, 3.8) is 0 Å². The van der Waals surface area contributed by atoms with E-state index >= 15 is 0 Å². The van der Waals surface area contributed by atoms with E-state index in [1.807, 2.05) is 13.0 Å². The van der Waals surface area contributed by atoms with Gasteiger partial charge in [0.25, 0.3) is 11.7 Å². The third-order valence-corrected chi connectivity index (χ3v) is 6.29. The van der Waals surface area contributed by atoms with Crippen LogP contribution in [0.5, 0.6) is 23.0 Å². The lowest BCUT2D eigenvalue weighted by Gasteiger charge is -2.26. The summed E-state index contributed by atoms with van der Waals surface area (Å²) in [6, 6.07) is 11.0. The molecular formula is C28H29ClN2O7. The van der Waals surface area contributed by atoms with Crippen LogP contribution in [0.15, 0.2) is 60.4 Å². The molecule has 1 amide bonds. The summed E-state index contributed by atoms with van der Waals surface area (Å²) in [5.74, 6) is -0.133. The van der Waals surface area contributed by atoms with E-state index in [-0.39, 0.29) is 30.3 Å². The van der Waals surface area contributed by atoms with Crippen molar-refractivity contribution in [1.82, 2.24) is 9.88 Å². The van der Waals surface area contributed by atoms with Crippen molar-refractivity contribution in [2.45, 2.75) is 19.5 Å². The molecule has 1 fully saturated rings. The number of nitrogens with zero attached hydrogens (tertiary/aromatic N) is 2. The van der Waals surface area contributed by atoms with Gasteiger partial charge in [0, 0.05) is 24.5 Å². The van der Waals surface area contributed by atoms with Gasteiger partial charge in [-0.05, 0) is 60.0 Å². The molecule has 38 heavy (non-hydrogen) atoms. The highest BCUT2D eigenvalue weighted by molar-refractivity contribution is 6.46. The Morgan fingerprint density at radius 2 is 1.61 bits per heavy atom. The number of amides is 1. The van der Waals surface area contributed by atoms with Crippen molar-refractivity contribution in [3.05, 3.63) is 82.7 Å². The molecule has 2 heterocycles. The second-order valence-corrected chi connectivity index (χ2v) is 8.43. The fourth-order valence-corrected chi connectivity index (χ4v) is 4.52. The van der Waals surface area contributed by atoms with E-state index in [1.165, 1.54) is 26.2 Å². The van der Waals surface area contributed by atoms with Gasteiger partial charge in [0.2, 0.25) is 5.75 Å². The predicted octanol–water partition coefficient (Wildman–Crippen LogP) is 4.47. The summed E-state index contributed by atoms with van der Waals surface area (Å²) in [7, 11) is 6.00. The van der Waals surface area contributed by atoms with Gasteiger partial charge in [-0.15, -0.1) is 12.4 Å². The first kappa shape index (κ1) is 28.3. The Morgan fingerprint density at radius 1 is 0.947 bits per heavy atom. The smallest absolute Gasteiger partial charge is 0.295 e.